The number of nitrogens with zero attached hydrogens (tertiary/aromatic N) is 3. The van der Waals surface area contributed by atoms with Crippen LogP contribution < -0.4 is 0 Å². The molecule has 0 N–H and O–H groups in total. The Bertz CT molecular complexity index is 3470. The molecule has 9 aromatic rings. The van der Waals surface area contributed by atoms with E-state index in [4.69, 9.17) is 7.16 Å². The third-order valence-electron chi connectivity index (χ3n) is 10.5. The summed E-state index contributed by atoms with van der Waals surface area (Å²) in [5, 5.41) is 0.945. The summed E-state index contributed by atoms with van der Waals surface area (Å²) in [6.45, 7) is 0. The SMILES string of the molecule is [2H]c1cc2c(oc3c(-c4ccc(C([2H])([2H])C([2H])([2H])c5cc(C([2H])([2H])C([2H])([2H])c6ccc(-c7[c-]cccc7)nc6)cc(C([2H])([2H])C([2H])([2H])c6ccc(-c7[c-]cccc7)nc6)c5)cn4)[c-]ccc32)c(C2([2H])CCCC2)c1F.[Ir+3]. The van der Waals surface area contributed by atoms with E-state index in [1.807, 2.05) is 0 Å². The van der Waals surface area contributed by atoms with Gasteiger partial charge in [-0.05, 0) is 120 Å². The molecule has 0 spiro atoms. The Balaban J connectivity index is 0.00000706. The monoisotopic (exact) mass is 1000 g/mol. The number of fused-ring (bicyclic) bond motifs is 3. The van der Waals surface area contributed by atoms with E-state index in [0.717, 1.165) is 49.6 Å². The van der Waals surface area contributed by atoms with Crippen LogP contribution in [-0.4, -0.2) is 15.0 Å². The van der Waals surface area contributed by atoms with Gasteiger partial charge in [0.05, 0.1) is 6.95 Å². The minimum atomic E-state index is -3.18. The molecule has 0 bridgehead atoms. The summed E-state index contributed by atoms with van der Waals surface area (Å²) in [5.74, 6) is -2.11. The molecule has 0 unspecified atom stereocenters. The van der Waals surface area contributed by atoms with Crippen LogP contribution in [0.5, 0.6) is 0 Å². The van der Waals surface area contributed by atoms with Gasteiger partial charge in [-0.3, -0.25) is 0 Å². The molecule has 4 nitrogen and oxygen atoms in total. The van der Waals surface area contributed by atoms with Gasteiger partial charge in [0.1, 0.15) is 11.4 Å². The maximum absolute atomic E-state index is 15.8. The number of pyridine rings is 3. The van der Waals surface area contributed by atoms with Crippen LogP contribution in [-0.2, 0) is 58.3 Å². The second-order valence-electron chi connectivity index (χ2n) is 14.6. The summed E-state index contributed by atoms with van der Waals surface area (Å²) in [6.07, 6.45) is -12.7. The van der Waals surface area contributed by atoms with Crippen LogP contribution >= 0.6 is 0 Å². The van der Waals surface area contributed by atoms with Gasteiger partial charge >= 0.3 is 20.1 Å². The van der Waals surface area contributed by atoms with Crippen molar-refractivity contribution in [1.82, 2.24) is 15.0 Å². The van der Waals surface area contributed by atoms with Crippen molar-refractivity contribution in [1.29, 1.82) is 0 Å². The van der Waals surface area contributed by atoms with Crippen LogP contribution in [0.15, 0.2) is 150 Å². The zero-order valence-corrected chi connectivity index (χ0v) is 35.5. The van der Waals surface area contributed by atoms with Crippen LogP contribution in [0, 0.1) is 24.0 Å². The first-order chi connectivity index (χ1) is 35.4. The fourth-order valence-electron chi connectivity index (χ4n) is 7.53. The number of rotatable bonds is 13. The van der Waals surface area contributed by atoms with E-state index in [-0.39, 0.29) is 65.3 Å². The van der Waals surface area contributed by atoms with E-state index in [2.05, 4.69) is 33.2 Å². The number of aryl methyl sites for hydroxylation is 6. The second-order valence-corrected chi connectivity index (χ2v) is 14.6. The Hall–Kier alpha value is -6.07. The molecule has 0 radical (unpaired) electrons. The summed E-state index contributed by atoms with van der Waals surface area (Å²) in [5.41, 5.74) is 0.357. The van der Waals surface area contributed by atoms with E-state index in [1.54, 1.807) is 60.7 Å². The van der Waals surface area contributed by atoms with E-state index in [0.29, 0.717) is 51.7 Å². The maximum Gasteiger partial charge on any atom is 3.00 e. The zero-order valence-electron chi connectivity index (χ0n) is 47.1. The number of furan rings is 1. The first-order valence-corrected chi connectivity index (χ1v) is 20.0. The van der Waals surface area contributed by atoms with Gasteiger partial charge < -0.3 is 19.4 Å². The first kappa shape index (κ1) is 27.8. The average Bonchev–Trinajstić information content (AvgIpc) is 4.03. The molecule has 10 rings (SSSR count). The Labute approximate surface area is 396 Å². The summed E-state index contributed by atoms with van der Waals surface area (Å²) >= 11 is 0. The Kier molecular flexibility index (Phi) is 8.47. The van der Waals surface area contributed by atoms with Crippen molar-refractivity contribution in [2.45, 2.75) is 69.8 Å². The van der Waals surface area contributed by atoms with Crippen molar-refractivity contribution in [2.75, 3.05) is 0 Å². The molecule has 1 fully saturated rings. The normalized spacial score (nSPS) is 18.1. The summed E-state index contributed by atoms with van der Waals surface area (Å²) in [6, 6.07) is 38.6. The topological polar surface area (TPSA) is 51.8 Å². The number of hydrogen-bond acceptors (Lipinski definition) is 4. The van der Waals surface area contributed by atoms with Crippen molar-refractivity contribution in [3.05, 3.63) is 209 Å². The smallest absolute Gasteiger partial charge is 0.500 e. The second kappa shape index (κ2) is 18.9. The fourth-order valence-corrected chi connectivity index (χ4v) is 7.53. The van der Waals surface area contributed by atoms with Crippen LogP contribution in [0.2, 0.25) is 0 Å². The fraction of sp³-hybridized carbons (Fsp3) is 0.196. The molecule has 1 saturated carbocycles. The van der Waals surface area contributed by atoms with E-state index >= 15 is 4.39 Å². The van der Waals surface area contributed by atoms with Gasteiger partial charge in [-0.25, -0.2) is 4.39 Å². The predicted octanol–water partition coefficient (Wildman–Crippen LogP) is 13.3. The standard InChI is InChI=1S/C56H45FN3O.Ir/c57-50-28-27-48-47-16-9-17-49(55(47)61-56(48)54(50)46-14-7-8-15-46)53-31-26-40(37-60-53)20-23-43-33-41(21-18-38-24-29-51(58-35-38)44-10-3-1-4-11-44)32-42(34-43)22-19-39-25-30-52(59-36-39)45-12-5-2-6-13-45;/h1-6,9-10,12,16,24-37,46H,7-8,14-15,18-23H2;/q-3;+3/i18D2,19D2,20D2,21D2,22D2,23D2,28D,46D;. The molecule has 5 aromatic carbocycles. The van der Waals surface area contributed by atoms with Gasteiger partial charge in [-0.1, -0.05) is 78.4 Å². The Morgan fingerprint density at radius 2 is 1.08 bits per heavy atom. The molecular formula is C56H45FIrN3O. The molecule has 4 aromatic heterocycles. The van der Waals surface area contributed by atoms with Crippen molar-refractivity contribution in [2.24, 2.45) is 0 Å². The van der Waals surface area contributed by atoms with Crippen molar-refractivity contribution >= 4 is 21.9 Å². The number of aromatic nitrogens is 3. The van der Waals surface area contributed by atoms with Gasteiger partial charge in [-0.15, -0.1) is 90.0 Å². The van der Waals surface area contributed by atoms with Crippen LogP contribution in [0.25, 0.3) is 55.7 Å². The molecule has 1 aliphatic carbocycles. The van der Waals surface area contributed by atoms with Crippen LogP contribution in [0.3, 0.4) is 0 Å². The predicted molar refractivity (Wildman–Crippen MR) is 243 cm³/mol. The molecule has 0 amide bonds. The molecule has 1 aliphatic rings. The van der Waals surface area contributed by atoms with Gasteiger partial charge in [0, 0.05) is 47.4 Å². The minimum Gasteiger partial charge on any atom is -0.500 e. The van der Waals surface area contributed by atoms with Crippen molar-refractivity contribution in [3.8, 4) is 33.8 Å². The minimum absolute atomic E-state index is 0. The largest absolute Gasteiger partial charge is 3.00 e. The molecule has 0 atom stereocenters. The number of halogens is 1. The zero-order chi connectivity index (χ0) is 53.5. The number of hydrogen-bond donors (Lipinski definition) is 0. The summed E-state index contributed by atoms with van der Waals surface area (Å²) in [7, 11) is 0. The first-order valence-electron chi connectivity index (χ1n) is 27.0. The molecule has 0 aliphatic heterocycles. The van der Waals surface area contributed by atoms with E-state index in [9.17, 15) is 16.4 Å². The van der Waals surface area contributed by atoms with Crippen molar-refractivity contribution in [3.63, 3.8) is 0 Å². The third-order valence-corrected chi connectivity index (χ3v) is 10.5. The van der Waals surface area contributed by atoms with E-state index in [1.165, 1.54) is 42.5 Å². The third kappa shape index (κ3) is 9.09. The Morgan fingerprint density at radius 3 is 1.56 bits per heavy atom. The molecule has 306 valence electrons. The molecule has 0 saturated heterocycles. The molecular weight excluding hydrogens is 942 g/mol. The summed E-state index contributed by atoms with van der Waals surface area (Å²) in [4.78, 5) is 13.2. The van der Waals surface area contributed by atoms with Crippen molar-refractivity contribution < 1.29 is 48.1 Å². The van der Waals surface area contributed by atoms with Gasteiger partial charge in [-0.2, -0.15) is 0 Å². The quantitative estimate of drug-likeness (QED) is 0.108. The maximum atomic E-state index is 15.8. The van der Waals surface area contributed by atoms with E-state index < -0.39 is 66.6 Å². The Morgan fingerprint density at radius 1 is 0.581 bits per heavy atom. The molecule has 62 heavy (non-hydrogen) atoms. The molecule has 6 heteroatoms. The van der Waals surface area contributed by atoms with Crippen LogP contribution in [0.1, 0.15) is 89.7 Å². The van der Waals surface area contributed by atoms with Gasteiger partial charge in [0.15, 0.2) is 0 Å². The number of benzene rings is 5. The average molecular weight is 1000 g/mol. The van der Waals surface area contributed by atoms with Gasteiger partial charge in [0.2, 0.25) is 0 Å². The van der Waals surface area contributed by atoms with Gasteiger partial charge in [0.25, 0.3) is 0 Å². The molecule has 4 heterocycles. The van der Waals surface area contributed by atoms with Crippen LogP contribution in [0.4, 0.5) is 4.39 Å². The summed E-state index contributed by atoms with van der Waals surface area (Å²) < 4.78 is 152.